The van der Waals surface area contributed by atoms with Crippen molar-refractivity contribution in [2.45, 2.75) is 50.6 Å². The third-order valence-electron chi connectivity index (χ3n) is 3.07. The summed E-state index contributed by atoms with van der Waals surface area (Å²) in [7, 11) is 1.14. The van der Waals surface area contributed by atoms with E-state index in [1.807, 2.05) is 0 Å². The van der Waals surface area contributed by atoms with E-state index in [4.69, 9.17) is 18.9 Å². The van der Waals surface area contributed by atoms with Crippen LogP contribution in [0.1, 0.15) is 20.8 Å². The first kappa shape index (κ1) is 20.2. The average Bonchev–Trinajstić information content (AvgIpc) is 2.48. The number of ether oxygens (including phenoxy) is 5. The maximum absolute atomic E-state index is 12.0. The molecule has 1 saturated heterocycles. The van der Waals surface area contributed by atoms with Gasteiger partial charge in [0.15, 0.2) is 24.4 Å². The van der Waals surface area contributed by atoms with E-state index in [9.17, 15) is 19.2 Å². The van der Waals surface area contributed by atoms with Crippen LogP contribution in [0.5, 0.6) is 0 Å². The SMILES string of the molecule is COC(=O)C1OC(SC)C(OC(C)=O)C(OC(C)=O)C1OC(C)=O. The molecule has 136 valence electrons. The summed E-state index contributed by atoms with van der Waals surface area (Å²) in [6.45, 7) is 3.45. The highest BCUT2D eigenvalue weighted by atomic mass is 32.2. The number of carbonyl (C=O) groups excluding carboxylic acids is 4. The molecule has 0 spiro atoms. The van der Waals surface area contributed by atoms with Crippen molar-refractivity contribution >= 4 is 35.6 Å². The van der Waals surface area contributed by atoms with Gasteiger partial charge in [-0.25, -0.2) is 4.79 Å². The van der Waals surface area contributed by atoms with Crippen molar-refractivity contribution in [3.63, 3.8) is 0 Å². The zero-order chi connectivity index (χ0) is 18.4. The minimum absolute atomic E-state index is 0.641. The molecule has 0 aromatic carbocycles. The van der Waals surface area contributed by atoms with E-state index >= 15 is 0 Å². The molecule has 0 amide bonds. The lowest BCUT2D eigenvalue weighted by Crippen LogP contribution is -2.62. The Morgan fingerprint density at radius 1 is 0.833 bits per heavy atom. The molecule has 5 atom stereocenters. The van der Waals surface area contributed by atoms with Gasteiger partial charge in [0.05, 0.1) is 7.11 Å². The van der Waals surface area contributed by atoms with Crippen LogP contribution in [-0.4, -0.2) is 67.1 Å². The Kier molecular flexibility index (Phi) is 7.49. The summed E-state index contributed by atoms with van der Waals surface area (Å²) >= 11 is 1.14. The predicted octanol–water partition coefficient (Wildman–Crippen LogP) is 0.0424. The van der Waals surface area contributed by atoms with E-state index in [-0.39, 0.29) is 0 Å². The van der Waals surface area contributed by atoms with Crippen LogP contribution in [0.4, 0.5) is 0 Å². The molecule has 0 saturated carbocycles. The Labute approximate surface area is 143 Å². The normalized spacial score (nSPS) is 29.3. The molecule has 0 radical (unpaired) electrons. The monoisotopic (exact) mass is 364 g/mol. The lowest BCUT2D eigenvalue weighted by atomic mass is 9.99. The third-order valence-corrected chi connectivity index (χ3v) is 3.91. The number of hydrogen-bond donors (Lipinski definition) is 0. The number of hydrogen-bond acceptors (Lipinski definition) is 10. The van der Waals surface area contributed by atoms with Crippen molar-refractivity contribution in [3.05, 3.63) is 0 Å². The lowest BCUT2D eigenvalue weighted by Gasteiger charge is -2.42. The smallest absolute Gasteiger partial charge is 0.339 e. The van der Waals surface area contributed by atoms with Gasteiger partial charge in [-0.3, -0.25) is 14.4 Å². The highest BCUT2D eigenvalue weighted by Gasteiger charge is 2.54. The first-order valence-electron chi connectivity index (χ1n) is 6.99. The highest BCUT2D eigenvalue weighted by Crippen LogP contribution is 2.33. The molecule has 5 unspecified atom stereocenters. The van der Waals surface area contributed by atoms with Gasteiger partial charge in [-0.15, -0.1) is 11.8 Å². The molecule has 9 nitrogen and oxygen atoms in total. The van der Waals surface area contributed by atoms with E-state index in [0.717, 1.165) is 32.7 Å². The van der Waals surface area contributed by atoms with Crippen LogP contribution in [-0.2, 0) is 42.9 Å². The van der Waals surface area contributed by atoms with E-state index in [0.29, 0.717) is 0 Å². The fourth-order valence-corrected chi connectivity index (χ4v) is 2.98. The summed E-state index contributed by atoms with van der Waals surface area (Å²) in [5.41, 5.74) is -0.825. The molecule has 0 aromatic heterocycles. The summed E-state index contributed by atoms with van der Waals surface area (Å²) in [5, 5.41) is 0. The summed E-state index contributed by atoms with van der Waals surface area (Å²) < 4.78 is 25.7. The number of methoxy groups -OCH3 is 1. The molecule has 24 heavy (non-hydrogen) atoms. The first-order valence-corrected chi connectivity index (χ1v) is 8.27. The van der Waals surface area contributed by atoms with E-state index in [1.165, 1.54) is 6.92 Å². The van der Waals surface area contributed by atoms with Crippen molar-refractivity contribution in [3.8, 4) is 0 Å². The maximum Gasteiger partial charge on any atom is 0.339 e. The van der Waals surface area contributed by atoms with Crippen LogP contribution in [0, 0.1) is 0 Å². The molecule has 1 aliphatic heterocycles. The molecule has 0 bridgehead atoms. The van der Waals surface area contributed by atoms with Crippen LogP contribution in [0.3, 0.4) is 0 Å². The zero-order valence-corrected chi connectivity index (χ0v) is 14.8. The Hall–Kier alpha value is -1.81. The molecule has 0 N–H and O–H groups in total. The zero-order valence-electron chi connectivity index (χ0n) is 14.0. The molecule has 0 aromatic rings. The van der Waals surface area contributed by atoms with Gasteiger partial charge in [0.1, 0.15) is 5.44 Å². The number of rotatable bonds is 5. The molecular formula is C14H20O9S. The predicted molar refractivity (Wildman–Crippen MR) is 80.9 cm³/mol. The Bertz CT molecular complexity index is 506. The quantitative estimate of drug-likeness (QED) is 0.489. The molecule has 1 rings (SSSR count). The lowest BCUT2D eigenvalue weighted by molar-refractivity contribution is -0.235. The Balaban J connectivity index is 3.28. The molecular weight excluding hydrogens is 344 g/mol. The second-order valence-corrected chi connectivity index (χ2v) is 5.84. The Morgan fingerprint density at radius 3 is 1.71 bits per heavy atom. The molecule has 1 fully saturated rings. The Morgan fingerprint density at radius 2 is 1.29 bits per heavy atom. The van der Waals surface area contributed by atoms with Crippen LogP contribution in [0.15, 0.2) is 0 Å². The summed E-state index contributed by atoms with van der Waals surface area (Å²) in [6.07, 6.45) is -3.26. The van der Waals surface area contributed by atoms with Gasteiger partial charge in [0.2, 0.25) is 0 Å². The third kappa shape index (κ3) is 5.10. The number of thioether (sulfide) groups is 1. The second-order valence-electron chi connectivity index (χ2n) is 4.91. The standard InChI is InChI=1S/C14H20O9S/c1-6(15)20-9-10(21-7(2)16)12(22-8(3)17)14(24-5)23-11(9)13(18)19-4/h9-12,14H,1-5H3. The van der Waals surface area contributed by atoms with Gasteiger partial charge in [0, 0.05) is 20.8 Å². The second kappa shape index (κ2) is 8.88. The fourth-order valence-electron chi connectivity index (χ4n) is 2.27. The molecule has 1 aliphatic rings. The van der Waals surface area contributed by atoms with Gasteiger partial charge in [0.25, 0.3) is 0 Å². The van der Waals surface area contributed by atoms with Crippen LogP contribution >= 0.6 is 11.8 Å². The number of carbonyl (C=O) groups is 4. The van der Waals surface area contributed by atoms with E-state index < -0.39 is 53.7 Å². The van der Waals surface area contributed by atoms with E-state index in [2.05, 4.69) is 4.74 Å². The van der Waals surface area contributed by atoms with Crippen molar-refractivity contribution in [1.82, 2.24) is 0 Å². The first-order chi connectivity index (χ1) is 11.2. The van der Waals surface area contributed by atoms with Gasteiger partial charge in [-0.05, 0) is 6.26 Å². The van der Waals surface area contributed by atoms with Crippen molar-refractivity contribution in [2.75, 3.05) is 13.4 Å². The molecule has 0 aliphatic carbocycles. The molecule has 10 heteroatoms. The fraction of sp³-hybridized carbons (Fsp3) is 0.714. The van der Waals surface area contributed by atoms with E-state index in [1.54, 1.807) is 6.26 Å². The van der Waals surface area contributed by atoms with Gasteiger partial charge in [-0.1, -0.05) is 0 Å². The summed E-state index contributed by atoms with van der Waals surface area (Å²) in [4.78, 5) is 46.2. The van der Waals surface area contributed by atoms with Crippen LogP contribution < -0.4 is 0 Å². The largest absolute Gasteiger partial charge is 0.467 e. The topological polar surface area (TPSA) is 114 Å². The van der Waals surface area contributed by atoms with Crippen molar-refractivity contribution in [1.29, 1.82) is 0 Å². The van der Waals surface area contributed by atoms with Crippen molar-refractivity contribution < 1.29 is 42.9 Å². The van der Waals surface area contributed by atoms with Gasteiger partial charge >= 0.3 is 23.9 Å². The number of esters is 4. The summed E-state index contributed by atoms with van der Waals surface area (Å²) in [5.74, 6) is -2.87. The highest BCUT2D eigenvalue weighted by molar-refractivity contribution is 7.99. The molecule has 1 heterocycles. The van der Waals surface area contributed by atoms with Gasteiger partial charge in [-0.2, -0.15) is 0 Å². The summed E-state index contributed by atoms with van der Waals surface area (Å²) in [6, 6.07) is 0. The minimum Gasteiger partial charge on any atom is -0.467 e. The average molecular weight is 364 g/mol. The maximum atomic E-state index is 12.0. The minimum atomic E-state index is -1.33. The van der Waals surface area contributed by atoms with Crippen molar-refractivity contribution in [2.24, 2.45) is 0 Å². The van der Waals surface area contributed by atoms with Crippen LogP contribution in [0.2, 0.25) is 0 Å². The van der Waals surface area contributed by atoms with Gasteiger partial charge < -0.3 is 23.7 Å². The van der Waals surface area contributed by atoms with Crippen LogP contribution in [0.25, 0.3) is 0 Å².